The van der Waals surface area contributed by atoms with Gasteiger partial charge in [0.1, 0.15) is 11.9 Å². The zero-order valence-corrected chi connectivity index (χ0v) is 20.3. The normalized spacial score (nSPS) is 12.6. The Morgan fingerprint density at radius 3 is 2.24 bits per heavy atom. The summed E-state index contributed by atoms with van der Waals surface area (Å²) in [5.74, 6) is -0.986. The minimum absolute atomic E-state index is 0.0372. The van der Waals surface area contributed by atoms with Crippen LogP contribution in [0.5, 0.6) is 0 Å². The summed E-state index contributed by atoms with van der Waals surface area (Å²) in [4.78, 5) is 28.6. The van der Waals surface area contributed by atoms with Crippen molar-refractivity contribution >= 4 is 23.4 Å². The third-order valence-corrected chi connectivity index (χ3v) is 6.09. The van der Waals surface area contributed by atoms with Crippen LogP contribution in [0.2, 0.25) is 5.02 Å². The van der Waals surface area contributed by atoms with E-state index in [0.29, 0.717) is 17.0 Å². The van der Waals surface area contributed by atoms with Crippen molar-refractivity contribution in [2.24, 2.45) is 0 Å². The fourth-order valence-corrected chi connectivity index (χ4v) is 3.81. The second-order valence-electron chi connectivity index (χ2n) is 8.44. The predicted molar refractivity (Wildman–Crippen MR) is 134 cm³/mol. The molecule has 0 aliphatic heterocycles. The van der Waals surface area contributed by atoms with E-state index in [2.05, 4.69) is 5.32 Å². The molecule has 0 radical (unpaired) electrons. The molecule has 6 heteroatoms. The van der Waals surface area contributed by atoms with Crippen LogP contribution < -0.4 is 5.32 Å². The fourth-order valence-electron chi connectivity index (χ4n) is 3.69. The van der Waals surface area contributed by atoms with Gasteiger partial charge in [-0.25, -0.2) is 4.39 Å². The Morgan fingerprint density at radius 2 is 1.59 bits per heavy atom. The van der Waals surface area contributed by atoms with Crippen LogP contribution >= 0.6 is 11.6 Å². The number of benzene rings is 3. The van der Waals surface area contributed by atoms with E-state index in [1.807, 2.05) is 56.3 Å². The molecular weight excluding hydrogens is 451 g/mol. The first-order valence-electron chi connectivity index (χ1n) is 11.5. The van der Waals surface area contributed by atoms with Crippen molar-refractivity contribution in [2.45, 2.75) is 51.7 Å². The van der Waals surface area contributed by atoms with Gasteiger partial charge in [0, 0.05) is 24.0 Å². The lowest BCUT2D eigenvalue weighted by molar-refractivity contribution is -0.141. The summed E-state index contributed by atoms with van der Waals surface area (Å²) in [5, 5.41) is 3.61. The molecule has 0 bridgehead atoms. The average molecular weight is 481 g/mol. The summed E-state index contributed by atoms with van der Waals surface area (Å²) in [6.07, 6.45) is 0.978. The predicted octanol–water partition coefficient (Wildman–Crippen LogP) is 5.58. The molecule has 0 aromatic heterocycles. The van der Waals surface area contributed by atoms with E-state index in [1.54, 1.807) is 35.2 Å². The molecule has 2 atom stereocenters. The molecule has 2 amide bonds. The lowest BCUT2D eigenvalue weighted by atomic mass is 10.0. The summed E-state index contributed by atoms with van der Waals surface area (Å²) in [7, 11) is 0. The van der Waals surface area contributed by atoms with Gasteiger partial charge in [0.15, 0.2) is 0 Å². The molecule has 0 fully saturated rings. The molecule has 0 saturated carbocycles. The molecule has 0 saturated heterocycles. The summed E-state index contributed by atoms with van der Waals surface area (Å²) < 4.78 is 14.3. The van der Waals surface area contributed by atoms with Crippen LogP contribution in [0.15, 0.2) is 78.9 Å². The highest BCUT2D eigenvalue weighted by atomic mass is 35.5. The third-order valence-electron chi connectivity index (χ3n) is 5.84. The zero-order valence-electron chi connectivity index (χ0n) is 19.5. The number of halogens is 2. The number of hydrogen-bond donors (Lipinski definition) is 1. The number of nitrogens with zero attached hydrogens (tertiary/aromatic N) is 1. The zero-order chi connectivity index (χ0) is 24.5. The lowest BCUT2D eigenvalue weighted by Gasteiger charge is -2.32. The van der Waals surface area contributed by atoms with Crippen molar-refractivity contribution in [1.29, 1.82) is 0 Å². The van der Waals surface area contributed by atoms with E-state index in [0.717, 1.165) is 17.5 Å². The van der Waals surface area contributed by atoms with E-state index < -0.39 is 11.9 Å². The van der Waals surface area contributed by atoms with Crippen LogP contribution in [0, 0.1) is 5.82 Å². The molecule has 0 unspecified atom stereocenters. The minimum atomic E-state index is -0.758. The van der Waals surface area contributed by atoms with E-state index in [1.165, 1.54) is 6.07 Å². The van der Waals surface area contributed by atoms with Gasteiger partial charge < -0.3 is 10.2 Å². The maximum atomic E-state index is 14.3. The number of nitrogens with one attached hydrogen (secondary N) is 1. The van der Waals surface area contributed by atoms with Crippen molar-refractivity contribution in [2.75, 3.05) is 0 Å². The van der Waals surface area contributed by atoms with E-state index >= 15 is 0 Å². The number of amides is 2. The largest absolute Gasteiger partial charge is 0.352 e. The second-order valence-corrected chi connectivity index (χ2v) is 8.88. The molecule has 178 valence electrons. The molecule has 4 nitrogen and oxygen atoms in total. The maximum Gasteiger partial charge on any atom is 0.243 e. The van der Waals surface area contributed by atoms with Gasteiger partial charge in [0.2, 0.25) is 11.8 Å². The summed E-state index contributed by atoms with van der Waals surface area (Å²) in [6.45, 7) is 4.13. The monoisotopic (exact) mass is 480 g/mol. The molecule has 0 spiro atoms. The highest BCUT2D eigenvalue weighted by Crippen LogP contribution is 2.19. The van der Waals surface area contributed by atoms with E-state index in [-0.39, 0.29) is 30.8 Å². The first kappa shape index (κ1) is 25.4. The lowest BCUT2D eigenvalue weighted by Crippen LogP contribution is -2.52. The van der Waals surface area contributed by atoms with Crippen molar-refractivity contribution in [1.82, 2.24) is 10.2 Å². The van der Waals surface area contributed by atoms with Crippen LogP contribution in [-0.2, 0) is 29.0 Å². The number of hydrogen-bond acceptors (Lipinski definition) is 2. The highest BCUT2D eigenvalue weighted by molar-refractivity contribution is 6.30. The van der Waals surface area contributed by atoms with Gasteiger partial charge in [-0.2, -0.15) is 0 Å². The van der Waals surface area contributed by atoms with Crippen LogP contribution in [0.3, 0.4) is 0 Å². The third kappa shape index (κ3) is 7.16. The molecule has 0 aliphatic carbocycles. The number of carbonyl (C=O) groups excluding carboxylic acids is 2. The molecule has 0 heterocycles. The SMILES string of the molecule is CC[C@@H](C)NC(=O)[C@H](Cc1ccccc1)N(Cc1ccc(Cl)cc1)C(=O)Cc1ccccc1F. The van der Waals surface area contributed by atoms with Gasteiger partial charge in [-0.15, -0.1) is 0 Å². The van der Waals surface area contributed by atoms with E-state index in [9.17, 15) is 14.0 Å². The van der Waals surface area contributed by atoms with Gasteiger partial charge in [0.05, 0.1) is 6.42 Å². The topological polar surface area (TPSA) is 49.4 Å². The number of carbonyl (C=O) groups is 2. The van der Waals surface area contributed by atoms with Crippen LogP contribution in [-0.4, -0.2) is 28.8 Å². The molecule has 34 heavy (non-hydrogen) atoms. The minimum Gasteiger partial charge on any atom is -0.352 e. The van der Waals surface area contributed by atoms with Crippen LogP contribution in [0.25, 0.3) is 0 Å². The number of rotatable bonds is 10. The Bertz CT molecular complexity index is 1090. The Balaban J connectivity index is 1.97. The van der Waals surface area contributed by atoms with Crippen molar-refractivity contribution in [3.8, 4) is 0 Å². The Morgan fingerprint density at radius 1 is 0.941 bits per heavy atom. The van der Waals surface area contributed by atoms with Crippen molar-refractivity contribution in [3.05, 3.63) is 106 Å². The highest BCUT2D eigenvalue weighted by Gasteiger charge is 2.31. The molecule has 1 N–H and O–H groups in total. The maximum absolute atomic E-state index is 14.3. The Kier molecular flexibility index (Phi) is 9.23. The fraction of sp³-hybridized carbons (Fsp3) is 0.286. The summed E-state index contributed by atoms with van der Waals surface area (Å²) in [5.41, 5.74) is 2.07. The van der Waals surface area contributed by atoms with Gasteiger partial charge in [-0.05, 0) is 48.2 Å². The van der Waals surface area contributed by atoms with Gasteiger partial charge in [-0.3, -0.25) is 9.59 Å². The standard InChI is InChI=1S/C28H30ClFN2O2/c1-3-20(2)31-28(34)26(17-21-9-5-4-6-10-21)32(19-22-13-15-24(29)16-14-22)27(33)18-23-11-7-8-12-25(23)30/h4-16,20,26H,3,17-19H2,1-2H3,(H,31,34)/t20-,26+/m1/s1. The Hall–Kier alpha value is -3.18. The van der Waals surface area contributed by atoms with Crippen LogP contribution in [0.4, 0.5) is 4.39 Å². The van der Waals surface area contributed by atoms with Gasteiger partial charge in [0.25, 0.3) is 0 Å². The van der Waals surface area contributed by atoms with Crippen molar-refractivity contribution < 1.29 is 14.0 Å². The van der Waals surface area contributed by atoms with Gasteiger partial charge in [-0.1, -0.05) is 79.2 Å². The second kappa shape index (κ2) is 12.3. The summed E-state index contributed by atoms with van der Waals surface area (Å²) >= 11 is 6.04. The molecule has 3 aromatic rings. The molecule has 0 aliphatic rings. The van der Waals surface area contributed by atoms with Gasteiger partial charge >= 0.3 is 0 Å². The smallest absolute Gasteiger partial charge is 0.243 e. The average Bonchev–Trinajstić information content (AvgIpc) is 2.84. The first-order chi connectivity index (χ1) is 16.4. The summed E-state index contributed by atoms with van der Waals surface area (Å²) in [6, 6.07) is 22.2. The Labute approximate surface area is 205 Å². The quantitative estimate of drug-likeness (QED) is 0.412. The first-order valence-corrected chi connectivity index (χ1v) is 11.9. The van der Waals surface area contributed by atoms with Crippen LogP contribution in [0.1, 0.15) is 37.0 Å². The van der Waals surface area contributed by atoms with Crippen molar-refractivity contribution in [3.63, 3.8) is 0 Å². The molecule has 3 aromatic carbocycles. The molecule has 3 rings (SSSR count). The molecular formula is C28H30ClFN2O2. The van der Waals surface area contributed by atoms with E-state index in [4.69, 9.17) is 11.6 Å².